The number of sulfone groups is 1. The number of rotatable bonds is 3. The van der Waals surface area contributed by atoms with Crippen LogP contribution >= 0.6 is 0 Å². The van der Waals surface area contributed by atoms with Gasteiger partial charge in [0.1, 0.15) is 0 Å². The number of benzene rings is 1. The first-order valence-electron chi connectivity index (χ1n) is 7.36. The van der Waals surface area contributed by atoms with Crippen molar-refractivity contribution in [1.29, 1.82) is 0 Å². The molecule has 1 saturated heterocycles. The molecule has 1 N–H and O–H groups in total. The molecule has 0 aliphatic carbocycles. The molecule has 1 aliphatic rings. The van der Waals surface area contributed by atoms with Crippen molar-refractivity contribution in [3.8, 4) is 0 Å². The average Bonchev–Trinajstić information content (AvgIpc) is 2.69. The molecule has 0 radical (unpaired) electrons. The van der Waals surface area contributed by atoms with Gasteiger partial charge in [0.2, 0.25) is 0 Å². The Bertz CT molecular complexity index is 613. The van der Waals surface area contributed by atoms with E-state index in [0.29, 0.717) is 6.54 Å². The zero-order chi connectivity index (χ0) is 16.2. The molecular formula is C15H23N3O3S. The number of nitrogens with zero attached hydrogens (tertiary/aromatic N) is 2. The minimum Gasteiger partial charge on any atom is -0.334 e. The highest BCUT2D eigenvalue weighted by molar-refractivity contribution is 7.90. The summed E-state index contributed by atoms with van der Waals surface area (Å²) in [6, 6.07) is 6.53. The van der Waals surface area contributed by atoms with Crippen LogP contribution in [0.15, 0.2) is 29.2 Å². The van der Waals surface area contributed by atoms with Gasteiger partial charge in [0, 0.05) is 32.4 Å². The second-order valence-corrected chi connectivity index (χ2v) is 7.73. The van der Waals surface area contributed by atoms with Gasteiger partial charge in [-0.15, -0.1) is 0 Å². The van der Waals surface area contributed by atoms with Crippen LogP contribution in [-0.2, 0) is 16.4 Å². The number of urea groups is 1. The van der Waals surface area contributed by atoms with Gasteiger partial charge in [-0.3, -0.25) is 0 Å². The van der Waals surface area contributed by atoms with E-state index in [4.69, 9.17) is 0 Å². The molecule has 122 valence electrons. The van der Waals surface area contributed by atoms with Gasteiger partial charge in [-0.1, -0.05) is 12.1 Å². The van der Waals surface area contributed by atoms with E-state index in [0.717, 1.165) is 38.2 Å². The SMILES string of the molecule is CN1CCCN(C(=O)NCc2ccc(S(C)(=O)=O)cc2)CC1. The van der Waals surface area contributed by atoms with Gasteiger partial charge >= 0.3 is 6.03 Å². The van der Waals surface area contributed by atoms with Crippen LogP contribution in [0.2, 0.25) is 0 Å². The number of nitrogens with one attached hydrogen (secondary N) is 1. The smallest absolute Gasteiger partial charge is 0.317 e. The van der Waals surface area contributed by atoms with Crippen LogP contribution < -0.4 is 5.32 Å². The van der Waals surface area contributed by atoms with Crippen molar-refractivity contribution in [1.82, 2.24) is 15.1 Å². The van der Waals surface area contributed by atoms with Crippen LogP contribution in [0.25, 0.3) is 0 Å². The van der Waals surface area contributed by atoms with Crippen molar-refractivity contribution in [3.05, 3.63) is 29.8 Å². The molecule has 0 saturated carbocycles. The number of likely N-dealkylation sites (N-methyl/N-ethyl adjacent to an activating group) is 1. The number of amides is 2. The van der Waals surface area contributed by atoms with Crippen molar-refractivity contribution in [3.63, 3.8) is 0 Å². The third-order valence-electron chi connectivity index (χ3n) is 3.80. The van der Waals surface area contributed by atoms with E-state index in [1.54, 1.807) is 24.3 Å². The number of carbonyl (C=O) groups excluding carboxylic acids is 1. The summed E-state index contributed by atoms with van der Waals surface area (Å²) < 4.78 is 22.8. The normalized spacial score (nSPS) is 17.1. The fourth-order valence-electron chi connectivity index (χ4n) is 2.39. The topological polar surface area (TPSA) is 69.7 Å². The van der Waals surface area contributed by atoms with E-state index >= 15 is 0 Å². The fraction of sp³-hybridized carbons (Fsp3) is 0.533. The molecule has 6 nitrogen and oxygen atoms in total. The molecule has 0 aromatic heterocycles. The molecule has 0 unspecified atom stereocenters. The number of carbonyl (C=O) groups is 1. The van der Waals surface area contributed by atoms with Crippen molar-refractivity contribution >= 4 is 15.9 Å². The van der Waals surface area contributed by atoms with E-state index in [9.17, 15) is 13.2 Å². The Hall–Kier alpha value is -1.60. The minimum atomic E-state index is -3.18. The maximum absolute atomic E-state index is 12.2. The van der Waals surface area contributed by atoms with Crippen LogP contribution in [0.4, 0.5) is 4.79 Å². The Morgan fingerprint density at radius 2 is 1.82 bits per heavy atom. The first kappa shape index (κ1) is 16.8. The highest BCUT2D eigenvalue weighted by Crippen LogP contribution is 2.10. The summed E-state index contributed by atoms with van der Waals surface area (Å²) in [4.78, 5) is 16.5. The zero-order valence-electron chi connectivity index (χ0n) is 13.1. The van der Waals surface area contributed by atoms with Crippen LogP contribution in [0.5, 0.6) is 0 Å². The Balaban J connectivity index is 1.88. The van der Waals surface area contributed by atoms with Gasteiger partial charge in [0.05, 0.1) is 4.90 Å². The second-order valence-electron chi connectivity index (χ2n) is 5.72. The summed E-state index contributed by atoms with van der Waals surface area (Å²) in [5, 5.41) is 2.89. The Morgan fingerprint density at radius 1 is 1.14 bits per heavy atom. The highest BCUT2D eigenvalue weighted by atomic mass is 32.2. The first-order valence-corrected chi connectivity index (χ1v) is 9.26. The van der Waals surface area contributed by atoms with Crippen LogP contribution in [0.1, 0.15) is 12.0 Å². The van der Waals surface area contributed by atoms with Crippen molar-refractivity contribution in [2.24, 2.45) is 0 Å². The predicted octanol–water partition coefficient (Wildman–Crippen LogP) is 0.937. The molecule has 1 aromatic carbocycles. The number of hydrogen-bond acceptors (Lipinski definition) is 4. The van der Waals surface area contributed by atoms with E-state index in [1.807, 2.05) is 4.90 Å². The third-order valence-corrected chi connectivity index (χ3v) is 4.93. The summed E-state index contributed by atoms with van der Waals surface area (Å²) in [7, 11) is -1.12. The van der Waals surface area contributed by atoms with Gasteiger partial charge in [0.25, 0.3) is 0 Å². The van der Waals surface area contributed by atoms with Crippen molar-refractivity contribution < 1.29 is 13.2 Å². The molecule has 22 heavy (non-hydrogen) atoms. The fourth-order valence-corrected chi connectivity index (χ4v) is 3.02. The molecule has 2 rings (SSSR count). The molecule has 0 spiro atoms. The second kappa shape index (κ2) is 7.11. The Labute approximate surface area is 132 Å². The third kappa shape index (κ3) is 4.71. The molecule has 1 aliphatic heterocycles. The van der Waals surface area contributed by atoms with Gasteiger partial charge in [-0.25, -0.2) is 13.2 Å². The summed E-state index contributed by atoms with van der Waals surface area (Å²) in [5.74, 6) is 0. The molecule has 2 amide bonds. The van der Waals surface area contributed by atoms with E-state index in [2.05, 4.69) is 17.3 Å². The molecule has 0 bridgehead atoms. The molecule has 1 aromatic rings. The van der Waals surface area contributed by atoms with E-state index < -0.39 is 9.84 Å². The zero-order valence-corrected chi connectivity index (χ0v) is 13.9. The lowest BCUT2D eigenvalue weighted by atomic mass is 10.2. The lowest BCUT2D eigenvalue weighted by Gasteiger charge is -2.21. The van der Waals surface area contributed by atoms with E-state index in [-0.39, 0.29) is 10.9 Å². The lowest BCUT2D eigenvalue weighted by Crippen LogP contribution is -2.41. The maximum atomic E-state index is 12.2. The van der Waals surface area contributed by atoms with Gasteiger partial charge in [-0.2, -0.15) is 0 Å². The van der Waals surface area contributed by atoms with Crippen molar-refractivity contribution in [2.45, 2.75) is 17.9 Å². The van der Waals surface area contributed by atoms with Gasteiger partial charge < -0.3 is 15.1 Å². The lowest BCUT2D eigenvalue weighted by molar-refractivity contribution is 0.199. The van der Waals surface area contributed by atoms with Crippen LogP contribution in [0, 0.1) is 0 Å². The van der Waals surface area contributed by atoms with Crippen LogP contribution in [-0.4, -0.2) is 63.7 Å². The Morgan fingerprint density at radius 3 is 2.45 bits per heavy atom. The Kier molecular flexibility index (Phi) is 5.42. The highest BCUT2D eigenvalue weighted by Gasteiger charge is 2.16. The molecule has 1 fully saturated rings. The number of hydrogen-bond donors (Lipinski definition) is 1. The molecular weight excluding hydrogens is 302 g/mol. The monoisotopic (exact) mass is 325 g/mol. The largest absolute Gasteiger partial charge is 0.334 e. The van der Waals surface area contributed by atoms with Crippen molar-refractivity contribution in [2.75, 3.05) is 39.5 Å². The first-order chi connectivity index (χ1) is 10.4. The molecule has 0 atom stereocenters. The molecule has 7 heteroatoms. The summed E-state index contributed by atoms with van der Waals surface area (Å²) in [5.41, 5.74) is 0.882. The summed E-state index contributed by atoms with van der Waals surface area (Å²) in [6.07, 6.45) is 2.16. The maximum Gasteiger partial charge on any atom is 0.317 e. The minimum absolute atomic E-state index is 0.0671. The van der Waals surface area contributed by atoms with E-state index in [1.165, 1.54) is 6.26 Å². The van der Waals surface area contributed by atoms with Crippen LogP contribution in [0.3, 0.4) is 0 Å². The standard InChI is InChI=1S/C15H23N3O3S/c1-17-8-3-9-18(11-10-17)15(19)16-12-13-4-6-14(7-5-13)22(2,20)21/h4-7H,3,8-12H2,1-2H3,(H,16,19). The predicted molar refractivity (Wildman–Crippen MR) is 85.5 cm³/mol. The van der Waals surface area contributed by atoms with Gasteiger partial charge in [-0.05, 0) is 37.7 Å². The average molecular weight is 325 g/mol. The summed E-state index contributed by atoms with van der Waals surface area (Å²) >= 11 is 0. The summed E-state index contributed by atoms with van der Waals surface area (Å²) in [6.45, 7) is 3.79. The quantitative estimate of drug-likeness (QED) is 0.898. The molecule has 1 heterocycles. The van der Waals surface area contributed by atoms with Gasteiger partial charge in [0.15, 0.2) is 9.84 Å².